The second-order valence-corrected chi connectivity index (χ2v) is 7.07. The fourth-order valence-corrected chi connectivity index (χ4v) is 3.36. The quantitative estimate of drug-likeness (QED) is 0.685. The summed E-state index contributed by atoms with van der Waals surface area (Å²) in [6, 6.07) is 4.90. The predicted molar refractivity (Wildman–Crippen MR) is 102 cm³/mol. The molecule has 28 heavy (non-hydrogen) atoms. The van der Waals surface area contributed by atoms with Crippen LogP contribution in [0.1, 0.15) is 43.0 Å². The van der Waals surface area contributed by atoms with E-state index >= 15 is 0 Å². The normalized spacial score (nSPS) is 17.9. The fourth-order valence-electron chi connectivity index (χ4n) is 3.36. The molecule has 8 heteroatoms. The van der Waals surface area contributed by atoms with Gasteiger partial charge in [0.1, 0.15) is 0 Å². The highest BCUT2D eigenvalue weighted by Gasteiger charge is 2.28. The van der Waals surface area contributed by atoms with E-state index in [2.05, 4.69) is 17.6 Å². The van der Waals surface area contributed by atoms with E-state index in [9.17, 15) is 14.4 Å². The zero-order chi connectivity index (χ0) is 19.9. The summed E-state index contributed by atoms with van der Waals surface area (Å²) in [7, 11) is 0. The van der Waals surface area contributed by atoms with Crippen molar-refractivity contribution in [2.24, 2.45) is 5.92 Å². The summed E-state index contributed by atoms with van der Waals surface area (Å²) < 4.78 is 10.5. The molecule has 0 bridgehead atoms. The highest BCUT2D eigenvalue weighted by Crippen LogP contribution is 2.32. The van der Waals surface area contributed by atoms with Crippen molar-refractivity contribution in [2.75, 3.05) is 33.0 Å². The van der Waals surface area contributed by atoms with Gasteiger partial charge < -0.3 is 25.0 Å². The van der Waals surface area contributed by atoms with Crippen molar-refractivity contribution >= 4 is 17.7 Å². The van der Waals surface area contributed by atoms with Crippen LogP contribution in [-0.2, 0) is 9.59 Å². The lowest BCUT2D eigenvalue weighted by molar-refractivity contribution is -0.134. The number of unbranched alkanes of at least 4 members (excludes halogenated alkanes) is 1. The van der Waals surface area contributed by atoms with Crippen molar-refractivity contribution in [1.29, 1.82) is 0 Å². The van der Waals surface area contributed by atoms with Gasteiger partial charge in [-0.05, 0) is 37.5 Å². The zero-order valence-corrected chi connectivity index (χ0v) is 16.2. The largest absolute Gasteiger partial charge is 0.454 e. The molecule has 1 atom stereocenters. The average Bonchev–Trinajstić information content (AvgIpc) is 3.19. The van der Waals surface area contributed by atoms with Gasteiger partial charge in [0.2, 0.25) is 18.6 Å². The molecule has 2 aliphatic heterocycles. The number of hydrogen-bond acceptors (Lipinski definition) is 5. The summed E-state index contributed by atoms with van der Waals surface area (Å²) in [4.78, 5) is 38.7. The number of carbonyl (C=O) groups is 3. The Labute approximate surface area is 164 Å². The molecule has 1 aromatic carbocycles. The third kappa shape index (κ3) is 4.94. The van der Waals surface area contributed by atoms with E-state index < -0.39 is 0 Å². The molecule has 1 fully saturated rings. The summed E-state index contributed by atoms with van der Waals surface area (Å²) >= 11 is 0. The topological polar surface area (TPSA) is 97.0 Å². The van der Waals surface area contributed by atoms with Crippen molar-refractivity contribution in [2.45, 2.75) is 32.6 Å². The summed E-state index contributed by atoms with van der Waals surface area (Å²) in [6.07, 6.45) is 3.55. The molecule has 2 heterocycles. The number of carbonyl (C=O) groups excluding carboxylic acids is 3. The lowest BCUT2D eigenvalue weighted by Crippen LogP contribution is -2.48. The van der Waals surface area contributed by atoms with Crippen molar-refractivity contribution in [3.63, 3.8) is 0 Å². The van der Waals surface area contributed by atoms with Crippen LogP contribution in [0.15, 0.2) is 18.2 Å². The number of benzene rings is 1. The third-order valence-electron chi connectivity index (χ3n) is 5.01. The Morgan fingerprint density at radius 2 is 2.00 bits per heavy atom. The van der Waals surface area contributed by atoms with Crippen LogP contribution < -0.4 is 20.1 Å². The van der Waals surface area contributed by atoms with Gasteiger partial charge in [0.05, 0.1) is 12.5 Å². The lowest BCUT2D eigenvalue weighted by Gasteiger charge is -2.32. The maximum atomic E-state index is 12.5. The molecule has 2 aliphatic rings. The Bertz CT molecular complexity index is 737. The highest BCUT2D eigenvalue weighted by molar-refractivity contribution is 5.97. The Balaban J connectivity index is 1.47. The predicted octanol–water partition coefficient (Wildman–Crippen LogP) is 1.30. The molecule has 0 spiro atoms. The maximum Gasteiger partial charge on any atom is 0.251 e. The van der Waals surface area contributed by atoms with E-state index in [-0.39, 0.29) is 37.0 Å². The van der Waals surface area contributed by atoms with Gasteiger partial charge in [-0.1, -0.05) is 13.3 Å². The maximum absolute atomic E-state index is 12.5. The number of amides is 3. The van der Waals surface area contributed by atoms with E-state index in [0.717, 1.165) is 25.7 Å². The molecule has 2 N–H and O–H groups in total. The molecule has 0 aromatic heterocycles. The monoisotopic (exact) mass is 389 g/mol. The molecular weight excluding hydrogens is 362 g/mol. The van der Waals surface area contributed by atoms with Gasteiger partial charge in [0, 0.05) is 25.2 Å². The van der Waals surface area contributed by atoms with Gasteiger partial charge in [-0.3, -0.25) is 14.4 Å². The average molecular weight is 389 g/mol. The molecule has 152 valence electrons. The minimum Gasteiger partial charge on any atom is -0.454 e. The van der Waals surface area contributed by atoms with Crippen molar-refractivity contribution in [3.8, 4) is 11.5 Å². The van der Waals surface area contributed by atoms with E-state index in [1.165, 1.54) is 0 Å². The Morgan fingerprint density at radius 3 is 2.82 bits per heavy atom. The van der Waals surface area contributed by atoms with Gasteiger partial charge >= 0.3 is 0 Å². The molecular formula is C20H27N3O5. The lowest BCUT2D eigenvalue weighted by atomic mass is 9.97. The van der Waals surface area contributed by atoms with Crippen molar-refractivity contribution in [1.82, 2.24) is 15.5 Å². The van der Waals surface area contributed by atoms with Gasteiger partial charge in [-0.2, -0.15) is 0 Å². The number of piperidine rings is 1. The van der Waals surface area contributed by atoms with Gasteiger partial charge in [0.15, 0.2) is 11.5 Å². The molecule has 1 aromatic rings. The standard InChI is InChI=1S/C20H27N3O5/c1-2-3-8-21-20(26)15-5-4-9-23(12-15)18(24)11-22-19(25)14-6-7-16-17(10-14)28-13-27-16/h6-7,10,15H,2-5,8-9,11-13H2,1H3,(H,21,26)(H,22,25). The summed E-state index contributed by atoms with van der Waals surface area (Å²) in [6.45, 7) is 3.79. The van der Waals surface area contributed by atoms with Crippen LogP contribution in [0.5, 0.6) is 11.5 Å². The molecule has 0 saturated carbocycles. The number of rotatable bonds is 7. The molecule has 0 radical (unpaired) electrons. The van der Waals surface area contributed by atoms with Crippen LogP contribution in [0.4, 0.5) is 0 Å². The molecule has 3 rings (SSSR count). The number of ether oxygens (including phenoxy) is 2. The van der Waals surface area contributed by atoms with E-state index in [0.29, 0.717) is 36.7 Å². The SMILES string of the molecule is CCCCNC(=O)C1CCCN(C(=O)CNC(=O)c2ccc3c(c2)OCO3)C1. The first-order chi connectivity index (χ1) is 13.6. The van der Waals surface area contributed by atoms with Crippen molar-refractivity contribution in [3.05, 3.63) is 23.8 Å². The van der Waals surface area contributed by atoms with Crippen LogP contribution in [-0.4, -0.2) is 55.6 Å². The molecule has 0 aliphatic carbocycles. The zero-order valence-electron chi connectivity index (χ0n) is 16.2. The van der Waals surface area contributed by atoms with Crippen LogP contribution in [0.3, 0.4) is 0 Å². The number of nitrogens with one attached hydrogen (secondary N) is 2. The molecule has 8 nitrogen and oxygen atoms in total. The summed E-state index contributed by atoms with van der Waals surface area (Å²) in [5, 5.41) is 5.58. The molecule has 3 amide bonds. The van der Waals surface area contributed by atoms with Crippen LogP contribution in [0.25, 0.3) is 0 Å². The Morgan fingerprint density at radius 1 is 1.18 bits per heavy atom. The summed E-state index contributed by atoms with van der Waals surface area (Å²) in [5.74, 6) is 0.420. The van der Waals surface area contributed by atoms with E-state index in [4.69, 9.17) is 9.47 Å². The minimum absolute atomic E-state index is 0.00958. The third-order valence-corrected chi connectivity index (χ3v) is 5.01. The highest BCUT2D eigenvalue weighted by atomic mass is 16.7. The first kappa shape index (κ1) is 20.0. The number of fused-ring (bicyclic) bond motifs is 1. The summed E-state index contributed by atoms with van der Waals surface area (Å²) in [5.41, 5.74) is 0.406. The smallest absolute Gasteiger partial charge is 0.251 e. The van der Waals surface area contributed by atoms with E-state index in [1.807, 2.05) is 0 Å². The van der Waals surface area contributed by atoms with Gasteiger partial charge in [-0.15, -0.1) is 0 Å². The van der Waals surface area contributed by atoms with E-state index in [1.54, 1.807) is 23.1 Å². The second kappa shape index (κ2) is 9.43. The number of nitrogens with zero attached hydrogens (tertiary/aromatic N) is 1. The van der Waals surface area contributed by atoms with Gasteiger partial charge in [0.25, 0.3) is 5.91 Å². The Kier molecular flexibility index (Phi) is 6.73. The van der Waals surface area contributed by atoms with Crippen molar-refractivity contribution < 1.29 is 23.9 Å². The number of likely N-dealkylation sites (tertiary alicyclic amines) is 1. The minimum atomic E-state index is -0.350. The van der Waals surface area contributed by atoms with Crippen LogP contribution in [0, 0.1) is 5.92 Å². The first-order valence-electron chi connectivity index (χ1n) is 9.82. The Hall–Kier alpha value is -2.77. The van der Waals surface area contributed by atoms with Crippen LogP contribution >= 0.6 is 0 Å². The fraction of sp³-hybridized carbons (Fsp3) is 0.550. The van der Waals surface area contributed by atoms with Crippen LogP contribution in [0.2, 0.25) is 0 Å². The molecule has 1 saturated heterocycles. The van der Waals surface area contributed by atoms with Gasteiger partial charge in [-0.25, -0.2) is 0 Å². The number of hydrogen-bond donors (Lipinski definition) is 2. The second-order valence-electron chi connectivity index (χ2n) is 7.07. The molecule has 1 unspecified atom stereocenters. The first-order valence-corrected chi connectivity index (χ1v) is 9.82.